The van der Waals surface area contributed by atoms with E-state index in [-0.39, 0.29) is 6.10 Å². The number of aliphatic hydroxyl groups is 1. The van der Waals surface area contributed by atoms with E-state index in [4.69, 9.17) is 4.74 Å². The summed E-state index contributed by atoms with van der Waals surface area (Å²) in [5.74, 6) is 2.16. The van der Waals surface area contributed by atoms with Crippen molar-refractivity contribution in [2.24, 2.45) is 0 Å². The van der Waals surface area contributed by atoms with Crippen LogP contribution in [-0.4, -0.2) is 62.7 Å². The maximum Gasteiger partial charge on any atom is 0.224 e. The highest BCUT2D eigenvalue weighted by atomic mass is 16.5. The van der Waals surface area contributed by atoms with Crippen LogP contribution in [0.1, 0.15) is 18.7 Å². The smallest absolute Gasteiger partial charge is 0.224 e. The number of aromatic nitrogens is 5. The highest BCUT2D eigenvalue weighted by Crippen LogP contribution is 2.18. The van der Waals surface area contributed by atoms with Crippen LogP contribution in [0.15, 0.2) is 18.6 Å². The fourth-order valence-corrected chi connectivity index (χ4v) is 2.72. The van der Waals surface area contributed by atoms with Crippen molar-refractivity contribution >= 4 is 11.8 Å². The summed E-state index contributed by atoms with van der Waals surface area (Å²) in [5, 5.41) is 21.0. The fraction of sp³-hybridized carbons (Fsp3) is 0.600. The zero-order chi connectivity index (χ0) is 16.8. The molecule has 130 valence electrons. The number of hydrogen-bond donors (Lipinski definition) is 2. The summed E-state index contributed by atoms with van der Waals surface area (Å²) in [5.41, 5.74) is 0. The van der Waals surface area contributed by atoms with Gasteiger partial charge in [0.05, 0.1) is 19.3 Å². The first kappa shape index (κ1) is 16.6. The number of methoxy groups -OCH3 is 1. The van der Waals surface area contributed by atoms with E-state index < -0.39 is 0 Å². The van der Waals surface area contributed by atoms with Crippen LogP contribution in [0.4, 0.5) is 11.8 Å². The molecule has 1 aliphatic heterocycles. The number of rotatable bonds is 7. The second-order valence-electron chi connectivity index (χ2n) is 5.77. The number of anilines is 2. The lowest BCUT2D eigenvalue weighted by Gasteiger charge is -2.31. The molecule has 2 aromatic rings. The molecule has 3 rings (SSSR count). The van der Waals surface area contributed by atoms with Gasteiger partial charge in [0.1, 0.15) is 12.1 Å². The summed E-state index contributed by atoms with van der Waals surface area (Å²) in [6.45, 7) is 3.30. The molecule has 0 spiro atoms. The standard InChI is InChI=1S/C15H23N7O2/c1-24-8-7-22-11-18-20-14(22)9-17-15-16-5-4-13(19-15)21-6-2-3-12(23)10-21/h4-5,11-12,23H,2-3,6-10H2,1H3,(H,16,17,19). The molecule has 0 radical (unpaired) electrons. The summed E-state index contributed by atoms with van der Waals surface area (Å²) in [7, 11) is 1.67. The van der Waals surface area contributed by atoms with Gasteiger partial charge >= 0.3 is 0 Å². The molecular formula is C15H23N7O2. The molecule has 1 atom stereocenters. The van der Waals surface area contributed by atoms with Gasteiger partial charge in [-0.2, -0.15) is 4.98 Å². The van der Waals surface area contributed by atoms with Gasteiger partial charge in [0.15, 0.2) is 5.82 Å². The van der Waals surface area contributed by atoms with Crippen molar-refractivity contribution in [3.63, 3.8) is 0 Å². The lowest BCUT2D eigenvalue weighted by atomic mass is 10.1. The third-order valence-corrected chi connectivity index (χ3v) is 4.00. The zero-order valence-corrected chi connectivity index (χ0v) is 13.8. The Hall–Kier alpha value is -2.26. The van der Waals surface area contributed by atoms with Crippen molar-refractivity contribution in [3.8, 4) is 0 Å². The average molecular weight is 333 g/mol. The lowest BCUT2D eigenvalue weighted by molar-refractivity contribution is 0.154. The normalized spacial score (nSPS) is 17.9. The van der Waals surface area contributed by atoms with Crippen LogP contribution in [0.25, 0.3) is 0 Å². The predicted molar refractivity (Wildman–Crippen MR) is 88.7 cm³/mol. The highest BCUT2D eigenvalue weighted by molar-refractivity contribution is 5.43. The summed E-state index contributed by atoms with van der Waals surface area (Å²) >= 11 is 0. The molecule has 1 unspecified atom stereocenters. The van der Waals surface area contributed by atoms with E-state index >= 15 is 0 Å². The summed E-state index contributed by atoms with van der Waals surface area (Å²) in [4.78, 5) is 10.9. The first-order valence-corrected chi connectivity index (χ1v) is 8.12. The van der Waals surface area contributed by atoms with Crippen molar-refractivity contribution in [2.45, 2.75) is 32.0 Å². The monoisotopic (exact) mass is 333 g/mol. The number of β-amino-alcohol motifs (C(OH)–C–C–N with tert-alkyl or cyclic N) is 1. The van der Waals surface area contributed by atoms with Gasteiger partial charge < -0.3 is 24.6 Å². The molecule has 3 heterocycles. The van der Waals surface area contributed by atoms with Gasteiger partial charge in [0.25, 0.3) is 0 Å². The van der Waals surface area contributed by atoms with E-state index in [0.717, 1.165) is 31.0 Å². The van der Waals surface area contributed by atoms with Crippen LogP contribution in [0, 0.1) is 0 Å². The van der Waals surface area contributed by atoms with Gasteiger partial charge in [-0.15, -0.1) is 10.2 Å². The van der Waals surface area contributed by atoms with Crippen LogP contribution in [0.3, 0.4) is 0 Å². The maximum atomic E-state index is 9.81. The number of nitrogens with one attached hydrogen (secondary N) is 1. The minimum Gasteiger partial charge on any atom is -0.391 e. The van der Waals surface area contributed by atoms with Gasteiger partial charge in [0.2, 0.25) is 5.95 Å². The number of ether oxygens (including phenoxy) is 1. The third kappa shape index (κ3) is 4.18. The minimum absolute atomic E-state index is 0.288. The Bertz CT molecular complexity index is 648. The third-order valence-electron chi connectivity index (χ3n) is 4.00. The van der Waals surface area contributed by atoms with Crippen molar-refractivity contribution in [2.75, 3.05) is 37.0 Å². The maximum absolute atomic E-state index is 9.81. The quantitative estimate of drug-likeness (QED) is 0.745. The number of piperidine rings is 1. The molecule has 9 nitrogen and oxygen atoms in total. The van der Waals surface area contributed by atoms with Crippen LogP contribution >= 0.6 is 0 Å². The molecule has 0 amide bonds. The van der Waals surface area contributed by atoms with Gasteiger partial charge in [-0.25, -0.2) is 4.98 Å². The second kappa shape index (κ2) is 8.02. The zero-order valence-electron chi connectivity index (χ0n) is 13.8. The SMILES string of the molecule is COCCn1cnnc1CNc1nccc(N2CCCC(O)C2)n1. The number of nitrogens with zero attached hydrogens (tertiary/aromatic N) is 6. The Kier molecular flexibility index (Phi) is 5.55. The van der Waals surface area contributed by atoms with Crippen molar-refractivity contribution < 1.29 is 9.84 Å². The van der Waals surface area contributed by atoms with Crippen molar-refractivity contribution in [1.29, 1.82) is 0 Å². The molecule has 0 aliphatic carbocycles. The molecule has 0 bridgehead atoms. The molecule has 0 aromatic carbocycles. The van der Waals surface area contributed by atoms with E-state index in [2.05, 4.69) is 30.4 Å². The average Bonchev–Trinajstić information content (AvgIpc) is 3.06. The topological polar surface area (TPSA) is 101 Å². The molecule has 1 fully saturated rings. The Morgan fingerprint density at radius 2 is 2.38 bits per heavy atom. The molecule has 2 N–H and O–H groups in total. The lowest BCUT2D eigenvalue weighted by Crippen LogP contribution is -2.38. The van der Waals surface area contributed by atoms with Crippen LogP contribution in [-0.2, 0) is 17.8 Å². The predicted octanol–water partition coefficient (Wildman–Crippen LogP) is 0.288. The summed E-state index contributed by atoms with van der Waals surface area (Å²) in [6, 6.07) is 1.87. The highest BCUT2D eigenvalue weighted by Gasteiger charge is 2.19. The molecule has 0 saturated carbocycles. The molecule has 2 aromatic heterocycles. The summed E-state index contributed by atoms with van der Waals surface area (Å²) in [6.07, 6.45) is 4.94. The number of aliphatic hydroxyl groups excluding tert-OH is 1. The molecule has 24 heavy (non-hydrogen) atoms. The molecule has 1 aliphatic rings. The van der Waals surface area contributed by atoms with Crippen molar-refractivity contribution in [3.05, 3.63) is 24.4 Å². The van der Waals surface area contributed by atoms with E-state index in [0.29, 0.717) is 32.2 Å². The Morgan fingerprint density at radius 1 is 1.46 bits per heavy atom. The summed E-state index contributed by atoms with van der Waals surface area (Å²) < 4.78 is 7.01. The van der Waals surface area contributed by atoms with Crippen LogP contribution < -0.4 is 10.2 Å². The minimum atomic E-state index is -0.288. The Morgan fingerprint density at radius 3 is 3.21 bits per heavy atom. The first-order valence-electron chi connectivity index (χ1n) is 8.12. The van der Waals surface area contributed by atoms with Gasteiger partial charge in [-0.05, 0) is 18.9 Å². The number of hydrogen-bond acceptors (Lipinski definition) is 8. The second-order valence-corrected chi connectivity index (χ2v) is 5.77. The molecule has 9 heteroatoms. The van der Waals surface area contributed by atoms with E-state index in [1.165, 1.54) is 0 Å². The molecular weight excluding hydrogens is 310 g/mol. The first-order chi connectivity index (χ1) is 11.8. The van der Waals surface area contributed by atoms with Crippen molar-refractivity contribution in [1.82, 2.24) is 24.7 Å². The van der Waals surface area contributed by atoms with Crippen LogP contribution in [0.2, 0.25) is 0 Å². The van der Waals surface area contributed by atoms with E-state index in [1.54, 1.807) is 19.6 Å². The van der Waals surface area contributed by atoms with Gasteiger partial charge in [-0.3, -0.25) is 0 Å². The Balaban J connectivity index is 1.62. The van der Waals surface area contributed by atoms with Gasteiger partial charge in [0, 0.05) is 32.9 Å². The fourth-order valence-electron chi connectivity index (χ4n) is 2.72. The van der Waals surface area contributed by atoms with Crippen LogP contribution in [0.5, 0.6) is 0 Å². The van der Waals surface area contributed by atoms with E-state index in [9.17, 15) is 5.11 Å². The van der Waals surface area contributed by atoms with Gasteiger partial charge in [-0.1, -0.05) is 0 Å². The van der Waals surface area contributed by atoms with E-state index in [1.807, 2.05) is 10.6 Å². The largest absolute Gasteiger partial charge is 0.391 e. The Labute approximate surface area is 140 Å². The molecule has 1 saturated heterocycles.